The summed E-state index contributed by atoms with van der Waals surface area (Å²) in [6.07, 6.45) is 6.38. The summed E-state index contributed by atoms with van der Waals surface area (Å²) in [4.78, 5) is 23.3. The first-order valence-electron chi connectivity index (χ1n) is 8.12. The maximum atomic E-state index is 12.1. The van der Waals surface area contributed by atoms with Crippen LogP contribution in [0.5, 0.6) is 0 Å². The van der Waals surface area contributed by atoms with Gasteiger partial charge in [-0.2, -0.15) is 0 Å². The van der Waals surface area contributed by atoms with Crippen molar-refractivity contribution in [3.8, 4) is 0 Å². The highest BCUT2D eigenvalue weighted by Gasteiger charge is 2.25. The van der Waals surface area contributed by atoms with Gasteiger partial charge in [-0.3, -0.25) is 14.8 Å². The van der Waals surface area contributed by atoms with E-state index in [0.29, 0.717) is 0 Å². The van der Waals surface area contributed by atoms with Crippen molar-refractivity contribution in [1.82, 2.24) is 15.3 Å². The maximum Gasteiger partial charge on any atom is 0.223 e. The standard InChI is InChI=1S/C17H21BrN4O/c1-2-6-20-17(23)12-4-8-22(9-5-12)15-3-7-19-14-10-13(18)11-21-16(14)15/h3,7,10-12H,2,4-6,8-9H2,1H3,(H,20,23). The molecule has 0 unspecified atom stereocenters. The minimum absolute atomic E-state index is 0.132. The molecule has 1 N–H and O–H groups in total. The molecule has 5 nitrogen and oxygen atoms in total. The summed E-state index contributed by atoms with van der Waals surface area (Å²) in [6, 6.07) is 4.00. The van der Waals surface area contributed by atoms with Gasteiger partial charge in [-0.25, -0.2) is 0 Å². The predicted octanol–water partition coefficient (Wildman–Crippen LogP) is 3.13. The van der Waals surface area contributed by atoms with Gasteiger partial charge < -0.3 is 10.2 Å². The third-order valence-corrected chi connectivity index (χ3v) is 4.71. The van der Waals surface area contributed by atoms with E-state index in [9.17, 15) is 4.79 Å². The molecule has 1 fully saturated rings. The molecular weight excluding hydrogens is 356 g/mol. The number of nitrogens with one attached hydrogen (secondary N) is 1. The first-order valence-corrected chi connectivity index (χ1v) is 8.91. The fraction of sp³-hybridized carbons (Fsp3) is 0.471. The van der Waals surface area contributed by atoms with Crippen molar-refractivity contribution in [1.29, 1.82) is 0 Å². The molecule has 0 radical (unpaired) electrons. The number of fused-ring (bicyclic) bond motifs is 1. The molecule has 1 aliphatic heterocycles. The van der Waals surface area contributed by atoms with Gasteiger partial charge in [0, 0.05) is 42.4 Å². The van der Waals surface area contributed by atoms with Crippen LogP contribution in [0.25, 0.3) is 11.0 Å². The van der Waals surface area contributed by atoms with Crippen LogP contribution in [0.3, 0.4) is 0 Å². The summed E-state index contributed by atoms with van der Waals surface area (Å²) >= 11 is 3.44. The first kappa shape index (κ1) is 16.2. The summed E-state index contributed by atoms with van der Waals surface area (Å²) in [5.41, 5.74) is 2.92. The van der Waals surface area contributed by atoms with E-state index >= 15 is 0 Å². The molecule has 0 saturated carbocycles. The lowest BCUT2D eigenvalue weighted by Crippen LogP contribution is -2.40. The lowest BCUT2D eigenvalue weighted by atomic mass is 9.95. The van der Waals surface area contributed by atoms with Gasteiger partial charge in [0.2, 0.25) is 5.91 Å². The lowest BCUT2D eigenvalue weighted by molar-refractivity contribution is -0.125. The summed E-state index contributed by atoms with van der Waals surface area (Å²) in [6.45, 7) is 4.60. The Morgan fingerprint density at radius 2 is 2.17 bits per heavy atom. The number of carbonyl (C=O) groups excluding carboxylic acids is 1. The van der Waals surface area contributed by atoms with Gasteiger partial charge in [-0.15, -0.1) is 0 Å². The second-order valence-electron chi connectivity index (χ2n) is 5.90. The van der Waals surface area contributed by atoms with E-state index in [-0.39, 0.29) is 11.8 Å². The number of hydrogen-bond acceptors (Lipinski definition) is 4. The topological polar surface area (TPSA) is 58.1 Å². The van der Waals surface area contributed by atoms with Crippen molar-refractivity contribution in [2.45, 2.75) is 26.2 Å². The van der Waals surface area contributed by atoms with Crippen molar-refractivity contribution in [3.63, 3.8) is 0 Å². The zero-order valence-corrected chi connectivity index (χ0v) is 14.8. The molecule has 3 heterocycles. The third kappa shape index (κ3) is 3.63. The molecule has 122 valence electrons. The number of nitrogens with zero attached hydrogens (tertiary/aromatic N) is 3. The van der Waals surface area contributed by atoms with E-state index in [2.05, 4.69) is 43.0 Å². The van der Waals surface area contributed by atoms with Crippen LogP contribution in [-0.4, -0.2) is 35.5 Å². The van der Waals surface area contributed by atoms with E-state index in [1.165, 1.54) is 0 Å². The number of halogens is 1. The van der Waals surface area contributed by atoms with Crippen LogP contribution in [0.1, 0.15) is 26.2 Å². The highest BCUT2D eigenvalue weighted by Crippen LogP contribution is 2.29. The van der Waals surface area contributed by atoms with Crippen molar-refractivity contribution >= 4 is 38.6 Å². The molecule has 6 heteroatoms. The number of anilines is 1. The van der Waals surface area contributed by atoms with Gasteiger partial charge in [0.1, 0.15) is 5.52 Å². The van der Waals surface area contributed by atoms with E-state index in [0.717, 1.165) is 60.1 Å². The van der Waals surface area contributed by atoms with Crippen LogP contribution in [-0.2, 0) is 4.79 Å². The molecule has 23 heavy (non-hydrogen) atoms. The normalized spacial score (nSPS) is 15.8. The Bertz CT molecular complexity index is 698. The van der Waals surface area contributed by atoms with Gasteiger partial charge in [-0.05, 0) is 47.3 Å². The average molecular weight is 377 g/mol. The molecule has 3 rings (SSSR count). The van der Waals surface area contributed by atoms with Gasteiger partial charge in [-0.1, -0.05) is 6.92 Å². The number of amides is 1. The van der Waals surface area contributed by atoms with Gasteiger partial charge in [0.05, 0.1) is 11.2 Å². The predicted molar refractivity (Wildman–Crippen MR) is 95.5 cm³/mol. The summed E-state index contributed by atoms with van der Waals surface area (Å²) in [5, 5.41) is 3.01. The molecule has 1 amide bonds. The average Bonchev–Trinajstić information content (AvgIpc) is 2.59. The zero-order valence-electron chi connectivity index (χ0n) is 13.3. The third-order valence-electron chi connectivity index (χ3n) is 4.28. The van der Waals surface area contributed by atoms with Crippen LogP contribution >= 0.6 is 15.9 Å². The van der Waals surface area contributed by atoms with E-state index in [1.807, 2.05) is 18.3 Å². The highest BCUT2D eigenvalue weighted by molar-refractivity contribution is 9.10. The number of piperidine rings is 1. The van der Waals surface area contributed by atoms with Crippen LogP contribution in [0.2, 0.25) is 0 Å². The Hall–Kier alpha value is -1.69. The molecule has 2 aromatic heterocycles. The van der Waals surface area contributed by atoms with Crippen molar-refractivity contribution < 1.29 is 4.79 Å². The van der Waals surface area contributed by atoms with Crippen molar-refractivity contribution in [2.24, 2.45) is 5.92 Å². The first-order chi connectivity index (χ1) is 11.2. The van der Waals surface area contributed by atoms with Crippen LogP contribution in [0.4, 0.5) is 5.69 Å². The number of rotatable bonds is 4. The number of aromatic nitrogens is 2. The Kier molecular flexibility index (Phi) is 5.10. The van der Waals surface area contributed by atoms with E-state index < -0.39 is 0 Å². The smallest absolute Gasteiger partial charge is 0.223 e. The molecule has 0 atom stereocenters. The second-order valence-corrected chi connectivity index (χ2v) is 6.82. The molecule has 0 aromatic carbocycles. The van der Waals surface area contributed by atoms with E-state index in [1.54, 1.807) is 6.20 Å². The quantitative estimate of drug-likeness (QED) is 0.890. The Labute approximate surface area is 144 Å². The van der Waals surface area contributed by atoms with Crippen molar-refractivity contribution in [2.75, 3.05) is 24.5 Å². The van der Waals surface area contributed by atoms with Crippen molar-refractivity contribution in [3.05, 3.63) is 29.0 Å². The van der Waals surface area contributed by atoms with Crippen LogP contribution in [0.15, 0.2) is 29.0 Å². The van der Waals surface area contributed by atoms with Crippen LogP contribution < -0.4 is 10.2 Å². The molecular formula is C17H21BrN4O. The van der Waals surface area contributed by atoms with Crippen LogP contribution in [0, 0.1) is 5.92 Å². The highest BCUT2D eigenvalue weighted by atomic mass is 79.9. The zero-order chi connectivity index (χ0) is 16.2. The van der Waals surface area contributed by atoms with Gasteiger partial charge >= 0.3 is 0 Å². The summed E-state index contributed by atoms with van der Waals surface area (Å²) < 4.78 is 0.931. The summed E-state index contributed by atoms with van der Waals surface area (Å²) in [7, 11) is 0. The second kappa shape index (κ2) is 7.25. The SMILES string of the molecule is CCCNC(=O)C1CCN(c2ccnc3cc(Br)cnc23)CC1. The van der Waals surface area contributed by atoms with E-state index in [4.69, 9.17) is 0 Å². The fourth-order valence-corrected chi connectivity index (χ4v) is 3.34. The minimum atomic E-state index is 0.132. The Balaban J connectivity index is 1.72. The minimum Gasteiger partial charge on any atom is -0.370 e. The van der Waals surface area contributed by atoms with Gasteiger partial charge in [0.25, 0.3) is 0 Å². The molecule has 0 spiro atoms. The lowest BCUT2D eigenvalue weighted by Gasteiger charge is -2.33. The number of pyridine rings is 2. The Morgan fingerprint density at radius 1 is 1.39 bits per heavy atom. The number of hydrogen-bond donors (Lipinski definition) is 1. The monoisotopic (exact) mass is 376 g/mol. The fourth-order valence-electron chi connectivity index (χ4n) is 3.02. The largest absolute Gasteiger partial charge is 0.370 e. The molecule has 2 aromatic rings. The molecule has 1 saturated heterocycles. The Morgan fingerprint density at radius 3 is 2.91 bits per heavy atom. The molecule has 0 aliphatic carbocycles. The van der Waals surface area contributed by atoms with Gasteiger partial charge in [0.15, 0.2) is 0 Å². The molecule has 0 bridgehead atoms. The summed E-state index contributed by atoms with van der Waals surface area (Å²) in [5.74, 6) is 0.334. The maximum absolute atomic E-state index is 12.1. The number of carbonyl (C=O) groups is 1. The molecule has 1 aliphatic rings.